The minimum absolute atomic E-state index is 0.0772. The summed E-state index contributed by atoms with van der Waals surface area (Å²) >= 11 is 0. The molecule has 0 radical (unpaired) electrons. The number of amides is 2. The summed E-state index contributed by atoms with van der Waals surface area (Å²) in [4.78, 5) is 25.6. The van der Waals surface area contributed by atoms with Crippen molar-refractivity contribution < 1.29 is 18.4 Å². The first kappa shape index (κ1) is 13.2. The first-order valence-electron chi connectivity index (χ1n) is 6.63. The van der Waals surface area contributed by atoms with Crippen LogP contribution in [-0.2, 0) is 0 Å². The van der Waals surface area contributed by atoms with Crippen LogP contribution in [0.3, 0.4) is 0 Å². The van der Waals surface area contributed by atoms with E-state index in [2.05, 4.69) is 0 Å². The van der Waals surface area contributed by atoms with Crippen LogP contribution < -0.4 is 5.73 Å². The van der Waals surface area contributed by atoms with E-state index in [1.165, 1.54) is 0 Å². The second-order valence-electron chi connectivity index (χ2n) is 5.31. The van der Waals surface area contributed by atoms with Gasteiger partial charge in [-0.25, -0.2) is 8.78 Å². The van der Waals surface area contributed by atoms with E-state index < -0.39 is 23.4 Å². The van der Waals surface area contributed by atoms with E-state index in [9.17, 15) is 18.4 Å². The van der Waals surface area contributed by atoms with Crippen LogP contribution in [-0.4, -0.2) is 28.8 Å². The number of halogens is 2. The van der Waals surface area contributed by atoms with Gasteiger partial charge in [0.05, 0.1) is 17.2 Å². The molecular formula is C14H14F2N2O2. The maximum Gasteiger partial charge on any atom is 0.261 e. The van der Waals surface area contributed by atoms with Crippen molar-refractivity contribution in [2.75, 3.05) is 0 Å². The fourth-order valence-corrected chi connectivity index (χ4v) is 3.01. The van der Waals surface area contributed by atoms with Gasteiger partial charge in [-0.05, 0) is 25.0 Å². The highest BCUT2D eigenvalue weighted by atomic mass is 19.2. The van der Waals surface area contributed by atoms with Gasteiger partial charge in [0.15, 0.2) is 11.6 Å². The van der Waals surface area contributed by atoms with Crippen LogP contribution in [0.4, 0.5) is 8.78 Å². The lowest BCUT2D eigenvalue weighted by Crippen LogP contribution is -2.51. The molecule has 2 amide bonds. The van der Waals surface area contributed by atoms with Gasteiger partial charge in [-0.1, -0.05) is 12.8 Å². The molecule has 0 saturated heterocycles. The summed E-state index contributed by atoms with van der Waals surface area (Å²) in [5.74, 6) is -3.41. The fraction of sp³-hybridized carbons (Fsp3) is 0.429. The molecule has 2 aliphatic rings. The van der Waals surface area contributed by atoms with Crippen molar-refractivity contribution >= 4 is 11.8 Å². The van der Waals surface area contributed by atoms with Gasteiger partial charge < -0.3 is 5.73 Å². The number of hydrogen-bond acceptors (Lipinski definition) is 3. The number of carbonyl (C=O) groups is 2. The van der Waals surface area contributed by atoms with Crippen LogP contribution in [0.1, 0.15) is 46.4 Å². The average Bonchev–Trinajstić information content (AvgIpc) is 2.64. The smallest absolute Gasteiger partial charge is 0.261 e. The minimum Gasteiger partial charge on any atom is -0.326 e. The predicted molar refractivity (Wildman–Crippen MR) is 67.1 cm³/mol. The number of benzene rings is 1. The number of fused-ring (bicyclic) bond motifs is 1. The molecule has 2 atom stereocenters. The van der Waals surface area contributed by atoms with Crippen molar-refractivity contribution in [1.82, 2.24) is 4.90 Å². The largest absolute Gasteiger partial charge is 0.326 e. The van der Waals surface area contributed by atoms with Crippen molar-refractivity contribution in [2.24, 2.45) is 5.73 Å². The van der Waals surface area contributed by atoms with E-state index in [4.69, 9.17) is 5.73 Å². The van der Waals surface area contributed by atoms with Gasteiger partial charge in [0.1, 0.15) is 0 Å². The van der Waals surface area contributed by atoms with Gasteiger partial charge in [0.25, 0.3) is 11.8 Å². The molecule has 1 aromatic carbocycles. The van der Waals surface area contributed by atoms with Crippen molar-refractivity contribution in [3.63, 3.8) is 0 Å². The molecule has 0 unspecified atom stereocenters. The maximum absolute atomic E-state index is 13.2. The molecule has 0 bridgehead atoms. The van der Waals surface area contributed by atoms with E-state index in [0.717, 1.165) is 36.3 Å². The van der Waals surface area contributed by atoms with Gasteiger partial charge in [0, 0.05) is 6.04 Å². The molecule has 1 fully saturated rings. The van der Waals surface area contributed by atoms with Gasteiger partial charge in [-0.3, -0.25) is 14.5 Å². The van der Waals surface area contributed by atoms with Crippen LogP contribution in [0.5, 0.6) is 0 Å². The summed E-state index contributed by atoms with van der Waals surface area (Å²) in [5, 5.41) is 0. The Balaban J connectivity index is 2.00. The van der Waals surface area contributed by atoms with Crippen LogP contribution >= 0.6 is 0 Å². The number of nitrogens with two attached hydrogens (primary N) is 1. The summed E-state index contributed by atoms with van der Waals surface area (Å²) in [6.07, 6.45) is 3.22. The molecule has 20 heavy (non-hydrogen) atoms. The molecule has 2 N–H and O–H groups in total. The normalized spacial score (nSPS) is 26.1. The SMILES string of the molecule is N[C@@H]1CCCC[C@H]1N1C(=O)c2cc(F)c(F)cc2C1=O. The topological polar surface area (TPSA) is 63.4 Å². The first-order valence-corrected chi connectivity index (χ1v) is 6.63. The third-order valence-corrected chi connectivity index (χ3v) is 4.07. The van der Waals surface area contributed by atoms with Gasteiger partial charge >= 0.3 is 0 Å². The number of rotatable bonds is 1. The Labute approximate surface area is 114 Å². The number of nitrogens with zero attached hydrogens (tertiary/aromatic N) is 1. The molecule has 106 valence electrons. The third kappa shape index (κ3) is 1.83. The molecule has 1 saturated carbocycles. The highest BCUT2D eigenvalue weighted by Crippen LogP contribution is 2.31. The lowest BCUT2D eigenvalue weighted by molar-refractivity contribution is 0.0525. The van der Waals surface area contributed by atoms with Crippen molar-refractivity contribution in [3.05, 3.63) is 34.9 Å². The second-order valence-corrected chi connectivity index (χ2v) is 5.31. The molecule has 0 aromatic heterocycles. The van der Waals surface area contributed by atoms with Gasteiger partial charge in [0.2, 0.25) is 0 Å². The van der Waals surface area contributed by atoms with Gasteiger partial charge in [-0.15, -0.1) is 0 Å². The molecule has 1 aliphatic heterocycles. The summed E-state index contributed by atoms with van der Waals surface area (Å²) in [6, 6.07) is 0.918. The highest BCUT2D eigenvalue weighted by Gasteiger charge is 2.43. The van der Waals surface area contributed by atoms with Crippen LogP contribution in [0.2, 0.25) is 0 Å². The van der Waals surface area contributed by atoms with E-state index >= 15 is 0 Å². The fourth-order valence-electron chi connectivity index (χ4n) is 3.01. The predicted octanol–water partition coefficient (Wildman–Crippen LogP) is 1.83. The molecule has 1 aliphatic carbocycles. The van der Waals surface area contributed by atoms with E-state index in [1.807, 2.05) is 0 Å². The summed E-state index contributed by atoms with van der Waals surface area (Å²) in [5.41, 5.74) is 5.83. The molecule has 6 heteroatoms. The molecular weight excluding hydrogens is 266 g/mol. The van der Waals surface area contributed by atoms with Crippen molar-refractivity contribution in [1.29, 1.82) is 0 Å². The van der Waals surface area contributed by atoms with Gasteiger partial charge in [-0.2, -0.15) is 0 Å². The zero-order valence-corrected chi connectivity index (χ0v) is 10.7. The summed E-state index contributed by atoms with van der Waals surface area (Å²) in [6.45, 7) is 0. The third-order valence-electron chi connectivity index (χ3n) is 4.07. The second kappa shape index (κ2) is 4.63. The van der Waals surface area contributed by atoms with E-state index in [-0.39, 0.29) is 23.2 Å². The molecule has 0 spiro atoms. The maximum atomic E-state index is 13.2. The molecule has 3 rings (SSSR count). The highest BCUT2D eigenvalue weighted by molar-refractivity contribution is 6.21. The lowest BCUT2D eigenvalue weighted by Gasteiger charge is -2.34. The van der Waals surface area contributed by atoms with Crippen LogP contribution in [0.25, 0.3) is 0 Å². The molecule has 1 heterocycles. The Morgan fingerprint density at radius 2 is 1.50 bits per heavy atom. The van der Waals surface area contributed by atoms with Crippen LogP contribution in [0.15, 0.2) is 12.1 Å². The number of carbonyl (C=O) groups excluding carboxylic acids is 2. The lowest BCUT2D eigenvalue weighted by atomic mass is 9.90. The van der Waals surface area contributed by atoms with Crippen LogP contribution in [0, 0.1) is 11.6 Å². The van der Waals surface area contributed by atoms with E-state index in [0.29, 0.717) is 6.42 Å². The first-order chi connectivity index (χ1) is 9.50. The Bertz CT molecular complexity index is 562. The van der Waals surface area contributed by atoms with E-state index in [1.54, 1.807) is 0 Å². The average molecular weight is 280 g/mol. The monoisotopic (exact) mass is 280 g/mol. The Morgan fingerprint density at radius 3 is 2.00 bits per heavy atom. The quantitative estimate of drug-likeness (QED) is 0.798. The standard InChI is InChI=1S/C14H14F2N2O2/c15-9-5-7-8(6-10(9)16)14(20)18(13(7)19)12-4-2-1-3-11(12)17/h5-6,11-12H,1-4,17H2/t11-,12-/m1/s1. The molecule has 1 aromatic rings. The van der Waals surface area contributed by atoms with Crippen molar-refractivity contribution in [2.45, 2.75) is 37.8 Å². The number of imide groups is 1. The Morgan fingerprint density at radius 1 is 1.00 bits per heavy atom. The number of hydrogen-bond donors (Lipinski definition) is 1. The minimum atomic E-state index is -1.13. The zero-order valence-electron chi connectivity index (χ0n) is 10.7. The summed E-state index contributed by atoms with van der Waals surface area (Å²) < 4.78 is 26.5. The van der Waals surface area contributed by atoms with Crippen molar-refractivity contribution in [3.8, 4) is 0 Å². The zero-order chi connectivity index (χ0) is 14.4. The Hall–Kier alpha value is -1.82. The summed E-state index contributed by atoms with van der Waals surface area (Å²) in [7, 11) is 0. The Kier molecular flexibility index (Phi) is 3.05. The molecule has 4 nitrogen and oxygen atoms in total.